The zero-order chi connectivity index (χ0) is 22.6. The number of likely N-dealkylation sites (N-methyl/N-ethyl adjacent to an activating group) is 1. The van der Waals surface area contributed by atoms with Gasteiger partial charge in [-0.25, -0.2) is 8.78 Å². The van der Waals surface area contributed by atoms with Crippen LogP contribution in [-0.2, 0) is 32.3 Å². The third-order valence-corrected chi connectivity index (χ3v) is 4.22. The minimum Gasteiger partial charge on any atom is -0.482 e. The van der Waals surface area contributed by atoms with E-state index in [0.717, 1.165) is 23.8 Å². The molecule has 2 aromatic carbocycles. The van der Waals surface area contributed by atoms with Crippen LogP contribution in [0.4, 0.5) is 8.78 Å². The molecule has 0 heterocycles. The summed E-state index contributed by atoms with van der Waals surface area (Å²) in [6.07, 6.45) is 3.30. The molecule has 6 nitrogen and oxygen atoms in total. The predicted octanol–water partition coefficient (Wildman–Crippen LogP) is 3.24. The van der Waals surface area contributed by atoms with Crippen LogP contribution in [0.3, 0.4) is 0 Å². The van der Waals surface area contributed by atoms with Crippen molar-refractivity contribution >= 4 is 18.5 Å². The monoisotopic (exact) mass is 428 g/mol. The number of rotatable bonds is 11. The second kappa shape index (κ2) is 12.0. The zero-order valence-corrected chi connectivity index (χ0v) is 16.9. The van der Waals surface area contributed by atoms with Crippen LogP contribution in [0.15, 0.2) is 72.3 Å². The van der Waals surface area contributed by atoms with Gasteiger partial charge in [-0.15, -0.1) is 0 Å². The molecule has 0 radical (unpaired) electrons. The van der Waals surface area contributed by atoms with Crippen LogP contribution in [0.1, 0.15) is 18.1 Å². The maximum Gasteiger partial charge on any atom is 0.288 e. The first-order chi connectivity index (χ1) is 15.0. The number of carbonyl (C=O) groups excluding carboxylic acids is 3. The van der Waals surface area contributed by atoms with E-state index in [9.17, 15) is 23.2 Å². The van der Waals surface area contributed by atoms with E-state index >= 15 is 0 Å². The topological polar surface area (TPSA) is 75.7 Å². The molecule has 0 aliphatic rings. The Labute approximate surface area is 178 Å². The van der Waals surface area contributed by atoms with E-state index < -0.39 is 17.5 Å². The van der Waals surface area contributed by atoms with Gasteiger partial charge in [0, 0.05) is 30.8 Å². The highest BCUT2D eigenvalue weighted by atomic mass is 19.1. The van der Waals surface area contributed by atoms with Crippen LogP contribution < -0.4 is 5.32 Å². The van der Waals surface area contributed by atoms with E-state index in [4.69, 9.17) is 4.74 Å². The van der Waals surface area contributed by atoms with Crippen molar-refractivity contribution in [2.24, 2.45) is 0 Å². The predicted molar refractivity (Wildman–Crippen MR) is 110 cm³/mol. The Morgan fingerprint density at radius 1 is 1.13 bits per heavy atom. The minimum absolute atomic E-state index is 0.0377. The highest BCUT2D eigenvalue weighted by Crippen LogP contribution is 2.13. The molecule has 0 spiro atoms. The van der Waals surface area contributed by atoms with Gasteiger partial charge in [-0.3, -0.25) is 14.4 Å². The number of hydrogen-bond acceptors (Lipinski definition) is 5. The number of allylic oxidation sites excluding steroid dienone is 2. The average Bonchev–Trinajstić information content (AvgIpc) is 2.78. The largest absolute Gasteiger partial charge is 0.482 e. The molecule has 0 saturated carbocycles. The Morgan fingerprint density at radius 3 is 2.48 bits per heavy atom. The minimum atomic E-state index is -0.789. The van der Waals surface area contributed by atoms with Gasteiger partial charge in [-0.05, 0) is 18.6 Å². The van der Waals surface area contributed by atoms with Crippen molar-refractivity contribution < 1.29 is 27.9 Å². The van der Waals surface area contributed by atoms with E-state index in [2.05, 4.69) is 5.32 Å². The Hall–Kier alpha value is -3.81. The van der Waals surface area contributed by atoms with Gasteiger partial charge in [0.1, 0.15) is 24.5 Å². The Kier molecular flexibility index (Phi) is 9.10. The van der Waals surface area contributed by atoms with Gasteiger partial charge in [0.25, 0.3) is 5.91 Å². The van der Waals surface area contributed by atoms with E-state index in [1.165, 1.54) is 17.2 Å². The summed E-state index contributed by atoms with van der Waals surface area (Å²) < 4.78 is 32.6. The number of nitrogens with one attached hydrogen (secondary N) is 1. The summed E-state index contributed by atoms with van der Waals surface area (Å²) in [5, 5.41) is 2.52. The second-order valence-corrected chi connectivity index (χ2v) is 6.32. The Bertz CT molecular complexity index is 975. The fourth-order valence-electron chi connectivity index (χ4n) is 2.59. The van der Waals surface area contributed by atoms with Crippen LogP contribution in [0.25, 0.3) is 0 Å². The third-order valence-electron chi connectivity index (χ3n) is 4.22. The van der Waals surface area contributed by atoms with Crippen molar-refractivity contribution in [2.45, 2.75) is 20.1 Å². The maximum absolute atomic E-state index is 13.8. The van der Waals surface area contributed by atoms with E-state index in [-0.39, 0.29) is 36.7 Å². The van der Waals surface area contributed by atoms with E-state index in [1.807, 2.05) is 30.3 Å². The number of aldehydes is 2. The first-order valence-corrected chi connectivity index (χ1v) is 9.46. The summed E-state index contributed by atoms with van der Waals surface area (Å²) in [5.41, 5.74) is 0.933. The lowest BCUT2D eigenvalue weighted by molar-refractivity contribution is -0.121. The molecular weight excluding hydrogens is 406 g/mol. The molecule has 0 bridgehead atoms. The van der Waals surface area contributed by atoms with E-state index in [1.54, 1.807) is 6.92 Å². The van der Waals surface area contributed by atoms with Gasteiger partial charge >= 0.3 is 0 Å². The number of benzene rings is 2. The molecule has 31 heavy (non-hydrogen) atoms. The number of nitrogens with zero attached hydrogens (tertiary/aromatic N) is 1. The molecular formula is C23H22F2N2O4. The SMILES string of the molecule is CCN(/C=C(\OCc1ccccc1)C(=O)NCc1ccc(F)cc1F)/C(C=O)=C\C=O. The fraction of sp³-hybridized carbons (Fsp3) is 0.174. The van der Waals surface area contributed by atoms with Gasteiger partial charge < -0.3 is 15.0 Å². The van der Waals surface area contributed by atoms with Crippen molar-refractivity contribution in [3.63, 3.8) is 0 Å². The standard InChI is InChI=1S/C23H22F2N2O4/c1-2-27(20(15-29)10-11-28)14-22(31-16-17-6-4-3-5-7-17)23(30)26-13-18-8-9-19(24)12-21(18)25/h3-12,14-15H,2,13,16H2,1H3,(H,26,30)/b20-10-,22-14-. The molecule has 0 atom stereocenters. The lowest BCUT2D eigenvalue weighted by Crippen LogP contribution is -2.28. The van der Waals surface area contributed by atoms with Gasteiger partial charge in [-0.2, -0.15) is 0 Å². The number of halogens is 2. The number of carbonyl (C=O) groups is 3. The molecule has 162 valence electrons. The van der Waals surface area contributed by atoms with Crippen molar-refractivity contribution in [1.82, 2.24) is 10.2 Å². The highest BCUT2D eigenvalue weighted by Gasteiger charge is 2.16. The molecule has 2 rings (SSSR count). The maximum atomic E-state index is 13.8. The summed E-state index contributed by atoms with van der Waals surface area (Å²) in [6, 6.07) is 12.1. The molecule has 8 heteroatoms. The quantitative estimate of drug-likeness (QED) is 0.338. The molecule has 0 saturated heterocycles. The molecule has 0 aromatic heterocycles. The third kappa shape index (κ3) is 7.18. The van der Waals surface area contributed by atoms with Gasteiger partial charge in [0.2, 0.25) is 5.76 Å². The molecule has 1 amide bonds. The molecule has 0 fully saturated rings. The summed E-state index contributed by atoms with van der Waals surface area (Å²) >= 11 is 0. The number of amides is 1. The fourth-order valence-corrected chi connectivity index (χ4v) is 2.59. The zero-order valence-electron chi connectivity index (χ0n) is 16.9. The lowest BCUT2D eigenvalue weighted by atomic mass is 10.2. The average molecular weight is 428 g/mol. The smallest absolute Gasteiger partial charge is 0.288 e. The summed E-state index contributed by atoms with van der Waals surface area (Å²) in [5.74, 6) is -2.33. The first-order valence-electron chi connectivity index (χ1n) is 9.46. The highest BCUT2D eigenvalue weighted by molar-refractivity contribution is 5.91. The van der Waals surface area contributed by atoms with E-state index in [0.29, 0.717) is 12.6 Å². The Balaban J connectivity index is 2.23. The second-order valence-electron chi connectivity index (χ2n) is 6.32. The summed E-state index contributed by atoms with van der Waals surface area (Å²) in [4.78, 5) is 36.2. The van der Waals surface area contributed by atoms with Gasteiger partial charge in [-0.1, -0.05) is 36.4 Å². The molecule has 0 aliphatic heterocycles. The molecule has 2 aromatic rings. The number of ether oxygens (including phenoxy) is 1. The molecule has 0 unspecified atom stereocenters. The van der Waals surface area contributed by atoms with Crippen molar-refractivity contribution in [1.29, 1.82) is 0 Å². The van der Waals surface area contributed by atoms with Crippen LogP contribution in [0.5, 0.6) is 0 Å². The number of hydrogen-bond donors (Lipinski definition) is 1. The van der Waals surface area contributed by atoms with Crippen molar-refractivity contribution in [2.75, 3.05) is 6.54 Å². The normalized spacial score (nSPS) is 11.6. The van der Waals surface area contributed by atoms with Crippen LogP contribution in [-0.4, -0.2) is 29.9 Å². The van der Waals surface area contributed by atoms with Crippen molar-refractivity contribution in [3.8, 4) is 0 Å². The van der Waals surface area contributed by atoms with Gasteiger partial charge in [0.05, 0.1) is 11.9 Å². The summed E-state index contributed by atoms with van der Waals surface area (Å²) in [6.45, 7) is 1.86. The van der Waals surface area contributed by atoms with Crippen LogP contribution in [0, 0.1) is 11.6 Å². The molecule has 0 aliphatic carbocycles. The summed E-state index contributed by atoms with van der Waals surface area (Å²) in [7, 11) is 0. The van der Waals surface area contributed by atoms with Gasteiger partial charge in [0.15, 0.2) is 6.29 Å². The Morgan fingerprint density at radius 2 is 1.87 bits per heavy atom. The van der Waals surface area contributed by atoms with Crippen LogP contribution >= 0.6 is 0 Å². The first kappa shape index (κ1) is 23.5. The lowest BCUT2D eigenvalue weighted by Gasteiger charge is -2.20. The van der Waals surface area contributed by atoms with Crippen molar-refractivity contribution in [3.05, 3.63) is 95.0 Å². The van der Waals surface area contributed by atoms with Crippen LogP contribution in [0.2, 0.25) is 0 Å². The molecule has 1 N–H and O–H groups in total.